The number of allylic oxidation sites excluding steroid dienone is 1. The summed E-state index contributed by atoms with van der Waals surface area (Å²) in [4.78, 5) is 15.2. The second kappa shape index (κ2) is 12.7. The topological polar surface area (TPSA) is 50.4 Å². The Morgan fingerprint density at radius 2 is 1.89 bits per heavy atom. The molecule has 1 saturated carbocycles. The Morgan fingerprint density at radius 1 is 1.14 bits per heavy atom. The highest BCUT2D eigenvalue weighted by Gasteiger charge is 2.30. The number of halogens is 2. The van der Waals surface area contributed by atoms with E-state index < -0.39 is 8.07 Å². The predicted molar refractivity (Wildman–Crippen MR) is 160 cm³/mol. The van der Waals surface area contributed by atoms with Crippen molar-refractivity contribution in [2.75, 3.05) is 13.7 Å². The number of hydrogen-bond acceptors (Lipinski definition) is 4. The highest BCUT2D eigenvalue weighted by molar-refractivity contribution is 9.13. The van der Waals surface area contributed by atoms with E-state index in [9.17, 15) is 0 Å². The zero-order valence-corrected chi connectivity index (χ0v) is 26.7. The van der Waals surface area contributed by atoms with Gasteiger partial charge in [-0.25, -0.2) is 14.8 Å². The third-order valence-corrected chi connectivity index (χ3v) is 10.7. The molecular formula is C28H39Br2N3O3Si. The lowest BCUT2D eigenvalue weighted by atomic mass is 9.82. The molecule has 0 bridgehead atoms. The Hall–Kier alpha value is -1.23. The lowest BCUT2D eigenvalue weighted by Crippen LogP contribution is -2.22. The normalized spacial score (nSPS) is 15.1. The van der Waals surface area contributed by atoms with Gasteiger partial charge in [0.05, 0.1) is 12.8 Å². The summed E-state index contributed by atoms with van der Waals surface area (Å²) in [6, 6.07) is 7.74. The van der Waals surface area contributed by atoms with Gasteiger partial charge in [0.1, 0.15) is 22.5 Å². The molecule has 2 heterocycles. The molecule has 0 spiro atoms. The lowest BCUT2D eigenvalue weighted by molar-refractivity contribution is -0.282. The van der Waals surface area contributed by atoms with Gasteiger partial charge in [0.25, 0.3) is 0 Å². The Balaban J connectivity index is 1.87. The summed E-state index contributed by atoms with van der Waals surface area (Å²) in [5.74, 6) is 1.41. The van der Waals surface area contributed by atoms with Crippen LogP contribution in [0.4, 0.5) is 0 Å². The van der Waals surface area contributed by atoms with Crippen molar-refractivity contribution in [1.29, 1.82) is 0 Å². The molecule has 3 aromatic rings. The third-order valence-electron chi connectivity index (χ3n) is 7.13. The number of aromatic nitrogens is 3. The molecular weight excluding hydrogens is 614 g/mol. The average molecular weight is 654 g/mol. The van der Waals surface area contributed by atoms with E-state index in [2.05, 4.69) is 85.4 Å². The van der Waals surface area contributed by atoms with E-state index >= 15 is 0 Å². The first-order chi connectivity index (χ1) is 17.7. The lowest BCUT2D eigenvalue weighted by Gasteiger charge is -2.24. The Morgan fingerprint density at radius 3 is 2.57 bits per heavy atom. The quantitative estimate of drug-likeness (QED) is 0.0646. The highest BCUT2D eigenvalue weighted by Crippen LogP contribution is 2.45. The van der Waals surface area contributed by atoms with Crippen LogP contribution in [0.5, 0.6) is 0 Å². The van der Waals surface area contributed by atoms with Gasteiger partial charge in [-0.1, -0.05) is 57.1 Å². The summed E-state index contributed by atoms with van der Waals surface area (Å²) in [6.07, 6.45) is 8.20. The standard InChI is InChI=1S/C28H39Br2N3O3Si/c1-6-14-32-23-17-20(18-36-34-2)12-13-22(23)24(21-10-8-7-9-11-21)25(32)28-31-26(29)27(30)33(28)19-35-15-16-37(3,4)5/h6,12-13,17,21H,1,7-11,14-16,18-19H2,2-5H3. The van der Waals surface area contributed by atoms with Gasteiger partial charge in [-0.05, 0) is 73.9 Å². The number of ether oxygens (including phenoxy) is 1. The Kier molecular flexibility index (Phi) is 9.91. The number of imidazole rings is 1. The van der Waals surface area contributed by atoms with Gasteiger partial charge in [-0.3, -0.25) is 4.57 Å². The van der Waals surface area contributed by atoms with Crippen molar-refractivity contribution in [2.24, 2.45) is 0 Å². The van der Waals surface area contributed by atoms with Crippen molar-refractivity contribution in [3.05, 3.63) is 51.2 Å². The monoisotopic (exact) mass is 651 g/mol. The van der Waals surface area contributed by atoms with Crippen molar-refractivity contribution in [3.8, 4) is 11.5 Å². The van der Waals surface area contributed by atoms with Gasteiger partial charge in [-0.2, -0.15) is 0 Å². The van der Waals surface area contributed by atoms with Gasteiger partial charge in [0.15, 0.2) is 5.82 Å². The molecule has 1 aromatic carbocycles. The van der Waals surface area contributed by atoms with Crippen LogP contribution in [-0.4, -0.2) is 35.9 Å². The summed E-state index contributed by atoms with van der Waals surface area (Å²) in [6.45, 7) is 13.5. The van der Waals surface area contributed by atoms with E-state index in [1.54, 1.807) is 7.11 Å². The maximum atomic E-state index is 6.22. The van der Waals surface area contributed by atoms with Gasteiger partial charge in [0, 0.05) is 32.1 Å². The molecule has 1 fully saturated rings. The van der Waals surface area contributed by atoms with Crippen molar-refractivity contribution >= 4 is 50.8 Å². The first-order valence-corrected chi connectivity index (χ1v) is 18.5. The van der Waals surface area contributed by atoms with Crippen LogP contribution in [0.1, 0.15) is 49.1 Å². The first-order valence-electron chi connectivity index (χ1n) is 13.2. The van der Waals surface area contributed by atoms with Crippen LogP contribution in [0, 0.1) is 0 Å². The van der Waals surface area contributed by atoms with Crippen molar-refractivity contribution in [2.45, 2.75) is 83.6 Å². The van der Waals surface area contributed by atoms with Crippen LogP contribution in [0.15, 0.2) is 40.1 Å². The average Bonchev–Trinajstić information content (AvgIpc) is 3.34. The highest BCUT2D eigenvalue weighted by atomic mass is 79.9. The van der Waals surface area contributed by atoms with Crippen molar-refractivity contribution in [1.82, 2.24) is 14.1 Å². The first kappa shape index (κ1) is 28.8. The van der Waals surface area contributed by atoms with Gasteiger partial charge < -0.3 is 9.30 Å². The number of benzene rings is 1. The van der Waals surface area contributed by atoms with E-state index in [0.29, 0.717) is 25.8 Å². The molecule has 37 heavy (non-hydrogen) atoms. The van der Waals surface area contributed by atoms with Crippen LogP contribution < -0.4 is 0 Å². The van der Waals surface area contributed by atoms with Crippen LogP contribution >= 0.6 is 31.9 Å². The molecule has 0 N–H and O–H groups in total. The fourth-order valence-corrected chi connectivity index (χ4v) is 6.74. The molecule has 1 aliphatic rings. The summed E-state index contributed by atoms with van der Waals surface area (Å²) in [5.41, 5.74) is 4.80. The summed E-state index contributed by atoms with van der Waals surface area (Å²) in [5, 5.41) is 1.28. The maximum Gasteiger partial charge on any atom is 0.161 e. The molecule has 0 atom stereocenters. The number of rotatable bonds is 12. The Labute approximate surface area is 238 Å². The molecule has 4 rings (SSSR count). The van der Waals surface area contributed by atoms with E-state index in [1.165, 1.54) is 48.6 Å². The SMILES string of the molecule is C=CCn1c(-c2nc(Br)c(Br)n2COCC[Si](C)(C)C)c(C2CCCCC2)c2ccc(COOC)cc21. The van der Waals surface area contributed by atoms with Crippen LogP contribution in [0.2, 0.25) is 25.7 Å². The molecule has 9 heteroatoms. The zero-order chi connectivity index (χ0) is 26.6. The van der Waals surface area contributed by atoms with Gasteiger partial charge in [0.2, 0.25) is 0 Å². The molecule has 0 unspecified atom stereocenters. The second-order valence-electron chi connectivity index (χ2n) is 11.1. The molecule has 6 nitrogen and oxygen atoms in total. The van der Waals surface area contributed by atoms with E-state index in [-0.39, 0.29) is 0 Å². The molecule has 0 aliphatic heterocycles. The van der Waals surface area contributed by atoms with E-state index in [0.717, 1.165) is 38.9 Å². The third kappa shape index (κ3) is 6.68. The molecule has 1 aliphatic carbocycles. The minimum atomic E-state index is -1.18. The minimum absolute atomic E-state index is 0.399. The summed E-state index contributed by atoms with van der Waals surface area (Å²) >= 11 is 7.47. The minimum Gasteiger partial charge on any atom is -0.361 e. The van der Waals surface area contributed by atoms with Crippen molar-refractivity contribution < 1.29 is 14.5 Å². The molecule has 0 saturated heterocycles. The number of nitrogens with zero attached hydrogens (tertiary/aromatic N) is 3. The van der Waals surface area contributed by atoms with Crippen molar-refractivity contribution in [3.63, 3.8) is 0 Å². The zero-order valence-electron chi connectivity index (χ0n) is 22.5. The summed E-state index contributed by atoms with van der Waals surface area (Å²) in [7, 11) is 0.366. The molecule has 202 valence electrons. The fraction of sp³-hybridized carbons (Fsp3) is 0.536. The van der Waals surface area contributed by atoms with Crippen LogP contribution in [0.25, 0.3) is 22.4 Å². The van der Waals surface area contributed by atoms with Gasteiger partial charge in [-0.15, -0.1) is 6.58 Å². The summed E-state index contributed by atoms with van der Waals surface area (Å²) < 4.78 is 12.4. The molecule has 2 aromatic heterocycles. The molecule has 0 radical (unpaired) electrons. The smallest absolute Gasteiger partial charge is 0.161 e. The second-order valence-corrected chi connectivity index (χ2v) is 18.2. The van der Waals surface area contributed by atoms with Crippen LogP contribution in [-0.2, 0) is 34.4 Å². The van der Waals surface area contributed by atoms with E-state index in [1.807, 2.05) is 6.08 Å². The fourth-order valence-electron chi connectivity index (χ4n) is 5.24. The van der Waals surface area contributed by atoms with Crippen LogP contribution in [0.3, 0.4) is 0 Å². The maximum absolute atomic E-state index is 6.22. The Bertz CT molecular complexity index is 1230. The molecule has 0 amide bonds. The van der Waals surface area contributed by atoms with E-state index in [4.69, 9.17) is 19.5 Å². The number of hydrogen-bond donors (Lipinski definition) is 0. The largest absolute Gasteiger partial charge is 0.361 e. The predicted octanol–water partition coefficient (Wildman–Crippen LogP) is 8.65. The number of fused-ring (bicyclic) bond motifs is 1. The van der Waals surface area contributed by atoms with Gasteiger partial charge >= 0.3 is 0 Å².